The zero-order chi connectivity index (χ0) is 11.1. The van der Waals surface area contributed by atoms with Gasteiger partial charge in [0.1, 0.15) is 0 Å². The number of aromatic nitrogens is 1. The van der Waals surface area contributed by atoms with Gasteiger partial charge in [-0.25, -0.2) is 0 Å². The van der Waals surface area contributed by atoms with E-state index < -0.39 is 0 Å². The quantitative estimate of drug-likeness (QED) is 0.700. The molecule has 1 aliphatic carbocycles. The molecule has 2 nitrogen and oxygen atoms in total. The molecule has 0 saturated heterocycles. The zero-order valence-corrected chi connectivity index (χ0v) is 9.54. The van der Waals surface area contributed by atoms with E-state index in [1.165, 1.54) is 10.9 Å². The fraction of sp³-hybridized carbons (Fsp3) is 0.385. The average Bonchev–Trinajstić information content (AvgIpc) is 2.42. The highest BCUT2D eigenvalue weighted by molar-refractivity contribution is 5.50. The van der Waals surface area contributed by atoms with Crippen molar-refractivity contribution in [2.75, 3.05) is 0 Å². The molecule has 1 aromatic rings. The maximum Gasteiger partial charge on any atom is 0.0508 e. The Hall–Kier alpha value is -1.28. The molecule has 0 fully saturated rings. The van der Waals surface area contributed by atoms with Gasteiger partial charge in [0.15, 0.2) is 0 Å². The number of allylic oxidation sites excluding steroid dienone is 1. The number of nitrogens with one attached hydrogen (secondary N) is 1. The predicted octanol–water partition coefficient (Wildman–Crippen LogP) is 0.986. The van der Waals surface area contributed by atoms with Gasteiger partial charge in [0, 0.05) is 11.0 Å². The van der Waals surface area contributed by atoms with Crippen molar-refractivity contribution in [1.29, 1.82) is 0 Å². The highest BCUT2D eigenvalue weighted by Gasteiger charge is 2.12. The number of nitrogens with two attached hydrogens (primary N) is 1. The van der Waals surface area contributed by atoms with E-state index in [0.29, 0.717) is 5.92 Å². The molecule has 2 heteroatoms. The molecule has 1 atom stereocenters. The Labute approximate surface area is 90.2 Å². The fourth-order valence-corrected chi connectivity index (χ4v) is 1.81. The van der Waals surface area contributed by atoms with Crippen LogP contribution in [0, 0.1) is 0 Å². The van der Waals surface area contributed by atoms with Gasteiger partial charge < -0.3 is 10.7 Å². The van der Waals surface area contributed by atoms with E-state index in [9.17, 15) is 0 Å². The van der Waals surface area contributed by atoms with E-state index in [-0.39, 0.29) is 5.54 Å². The molecule has 1 aromatic heterocycles. The molecule has 1 aliphatic rings. The second kappa shape index (κ2) is 3.38. The molecular formula is C13H18N2. The summed E-state index contributed by atoms with van der Waals surface area (Å²) >= 11 is 0. The van der Waals surface area contributed by atoms with Crippen molar-refractivity contribution < 1.29 is 0 Å². The molecule has 3 N–H and O–H groups in total. The SMILES string of the molecule is CC(C)c1cc2c([nH]1)=CC=CC(C)(N)C=2. The maximum atomic E-state index is 6.10. The van der Waals surface area contributed by atoms with E-state index in [2.05, 4.69) is 37.0 Å². The van der Waals surface area contributed by atoms with Crippen LogP contribution in [0.4, 0.5) is 0 Å². The van der Waals surface area contributed by atoms with Crippen LogP contribution in [0.15, 0.2) is 18.2 Å². The second-order valence-corrected chi connectivity index (χ2v) is 4.78. The van der Waals surface area contributed by atoms with E-state index in [1.54, 1.807) is 0 Å². The van der Waals surface area contributed by atoms with Crippen molar-refractivity contribution in [3.8, 4) is 0 Å². The first kappa shape index (κ1) is 10.2. The summed E-state index contributed by atoms with van der Waals surface area (Å²) in [7, 11) is 0. The summed E-state index contributed by atoms with van der Waals surface area (Å²) in [5, 5.41) is 2.36. The van der Waals surface area contributed by atoms with Crippen LogP contribution in [0.25, 0.3) is 12.2 Å². The molecular weight excluding hydrogens is 184 g/mol. The van der Waals surface area contributed by atoms with Crippen molar-refractivity contribution in [3.05, 3.63) is 34.5 Å². The zero-order valence-electron chi connectivity index (χ0n) is 9.54. The second-order valence-electron chi connectivity index (χ2n) is 4.78. The minimum Gasteiger partial charge on any atom is -0.358 e. The Kier molecular flexibility index (Phi) is 2.31. The molecule has 0 aromatic carbocycles. The summed E-state index contributed by atoms with van der Waals surface area (Å²) in [4.78, 5) is 3.42. The van der Waals surface area contributed by atoms with Crippen LogP contribution in [0.5, 0.6) is 0 Å². The van der Waals surface area contributed by atoms with Crippen LogP contribution in [0.1, 0.15) is 32.4 Å². The van der Waals surface area contributed by atoms with Crippen LogP contribution in [0.3, 0.4) is 0 Å². The van der Waals surface area contributed by atoms with E-state index >= 15 is 0 Å². The number of fused-ring (bicyclic) bond motifs is 1. The minimum absolute atomic E-state index is 0.349. The summed E-state index contributed by atoms with van der Waals surface area (Å²) in [5.41, 5.74) is 7.02. The summed E-state index contributed by atoms with van der Waals surface area (Å²) in [6, 6.07) is 2.19. The highest BCUT2D eigenvalue weighted by atomic mass is 14.7. The van der Waals surface area contributed by atoms with Gasteiger partial charge in [-0.05, 0) is 30.2 Å². The standard InChI is InChI=1S/C13H18N2/c1-9(2)12-7-10-8-13(3,14)6-4-5-11(10)15-12/h4-9,15H,14H2,1-3H3. The molecule has 0 saturated carbocycles. The first-order valence-corrected chi connectivity index (χ1v) is 5.38. The summed E-state index contributed by atoms with van der Waals surface area (Å²) < 4.78 is 0. The van der Waals surface area contributed by atoms with E-state index in [0.717, 1.165) is 5.35 Å². The largest absolute Gasteiger partial charge is 0.358 e. The Morgan fingerprint density at radius 2 is 2.13 bits per heavy atom. The summed E-state index contributed by atoms with van der Waals surface area (Å²) in [6.45, 7) is 6.37. The molecule has 80 valence electrons. The number of H-pyrrole nitrogens is 1. The molecule has 0 radical (unpaired) electrons. The lowest BCUT2D eigenvalue weighted by Crippen LogP contribution is -2.34. The van der Waals surface area contributed by atoms with E-state index in [1.807, 2.05) is 19.1 Å². The smallest absolute Gasteiger partial charge is 0.0508 e. The molecule has 1 heterocycles. The average molecular weight is 202 g/mol. The lowest BCUT2D eigenvalue weighted by Gasteiger charge is -2.12. The predicted molar refractivity (Wildman–Crippen MR) is 64.8 cm³/mol. The Morgan fingerprint density at radius 3 is 2.80 bits per heavy atom. The van der Waals surface area contributed by atoms with Gasteiger partial charge in [-0.2, -0.15) is 0 Å². The molecule has 0 spiro atoms. The van der Waals surface area contributed by atoms with Crippen LogP contribution >= 0.6 is 0 Å². The first-order chi connectivity index (χ1) is 6.98. The lowest BCUT2D eigenvalue weighted by molar-refractivity contribution is 0.778. The van der Waals surface area contributed by atoms with Gasteiger partial charge >= 0.3 is 0 Å². The molecule has 1 unspecified atom stereocenters. The van der Waals surface area contributed by atoms with Crippen molar-refractivity contribution in [2.24, 2.45) is 5.73 Å². The third-order valence-corrected chi connectivity index (χ3v) is 2.71. The van der Waals surface area contributed by atoms with Gasteiger partial charge in [-0.15, -0.1) is 0 Å². The van der Waals surface area contributed by atoms with Crippen LogP contribution in [0.2, 0.25) is 0 Å². The molecule has 15 heavy (non-hydrogen) atoms. The van der Waals surface area contributed by atoms with Crippen molar-refractivity contribution >= 4 is 12.2 Å². The van der Waals surface area contributed by atoms with Crippen LogP contribution in [-0.2, 0) is 0 Å². The Bertz CT molecular complexity index is 501. The van der Waals surface area contributed by atoms with Gasteiger partial charge in [-0.1, -0.05) is 32.1 Å². The molecule has 0 aliphatic heterocycles. The minimum atomic E-state index is -0.349. The van der Waals surface area contributed by atoms with Gasteiger partial charge in [0.05, 0.1) is 5.54 Å². The summed E-state index contributed by atoms with van der Waals surface area (Å²) in [6.07, 6.45) is 8.21. The van der Waals surface area contributed by atoms with Gasteiger partial charge in [-0.3, -0.25) is 0 Å². The van der Waals surface area contributed by atoms with Crippen molar-refractivity contribution in [3.63, 3.8) is 0 Å². The lowest BCUT2D eigenvalue weighted by atomic mass is 10.0. The third-order valence-electron chi connectivity index (χ3n) is 2.71. The summed E-state index contributed by atoms with van der Waals surface area (Å²) in [5.74, 6) is 0.520. The van der Waals surface area contributed by atoms with Crippen LogP contribution < -0.4 is 16.3 Å². The van der Waals surface area contributed by atoms with Crippen LogP contribution in [-0.4, -0.2) is 10.5 Å². The first-order valence-electron chi connectivity index (χ1n) is 5.38. The van der Waals surface area contributed by atoms with Gasteiger partial charge in [0.25, 0.3) is 0 Å². The van der Waals surface area contributed by atoms with E-state index in [4.69, 9.17) is 5.73 Å². The van der Waals surface area contributed by atoms with Gasteiger partial charge in [0.2, 0.25) is 0 Å². The normalized spacial score (nSPS) is 24.3. The maximum absolute atomic E-state index is 6.10. The van der Waals surface area contributed by atoms with Crippen molar-refractivity contribution in [2.45, 2.75) is 32.2 Å². The highest BCUT2D eigenvalue weighted by Crippen LogP contribution is 2.09. The number of aromatic amines is 1. The number of hydrogen-bond acceptors (Lipinski definition) is 1. The fourth-order valence-electron chi connectivity index (χ4n) is 1.81. The topological polar surface area (TPSA) is 41.8 Å². The monoisotopic (exact) mass is 202 g/mol. The third kappa shape index (κ3) is 2.05. The molecule has 0 bridgehead atoms. The Balaban J connectivity index is 2.65. The van der Waals surface area contributed by atoms with Crippen molar-refractivity contribution in [1.82, 2.24) is 4.98 Å². The number of hydrogen-bond donors (Lipinski definition) is 2. The molecule has 2 rings (SSSR count). The Morgan fingerprint density at radius 1 is 1.40 bits per heavy atom. The molecule has 0 amide bonds. The number of rotatable bonds is 1.